The molecule has 0 aromatic heterocycles. The van der Waals surface area contributed by atoms with Crippen molar-refractivity contribution < 1.29 is 4.79 Å². The molecule has 0 aliphatic carbocycles. The van der Waals surface area contributed by atoms with E-state index in [1.807, 2.05) is 26.1 Å². The van der Waals surface area contributed by atoms with Crippen LogP contribution in [0.25, 0.3) is 0 Å². The van der Waals surface area contributed by atoms with Gasteiger partial charge in [-0.25, -0.2) is 0 Å². The number of amides is 1. The molecule has 1 unspecified atom stereocenters. The van der Waals surface area contributed by atoms with E-state index in [0.717, 1.165) is 17.8 Å². The number of nitrogens with zero attached hydrogens (tertiary/aromatic N) is 1. The molecule has 0 radical (unpaired) electrons. The number of aryl methyl sites for hydroxylation is 1. The quantitative estimate of drug-likeness (QED) is 0.759. The highest BCUT2D eigenvalue weighted by Crippen LogP contribution is 2.33. The molecule has 1 amide bonds. The molecule has 0 saturated carbocycles. The van der Waals surface area contributed by atoms with Gasteiger partial charge in [0.05, 0.1) is 11.4 Å². The van der Waals surface area contributed by atoms with Gasteiger partial charge in [0.15, 0.2) is 0 Å². The average molecular weight is 204 g/mol. The zero-order valence-electron chi connectivity index (χ0n) is 9.37. The lowest BCUT2D eigenvalue weighted by Crippen LogP contribution is -2.43. The Balaban J connectivity index is 2.55. The Hall–Kier alpha value is -1.51. The Morgan fingerprint density at radius 2 is 2.20 bits per heavy atom. The number of benzene rings is 1. The van der Waals surface area contributed by atoms with Crippen molar-refractivity contribution in [1.29, 1.82) is 0 Å². The van der Waals surface area contributed by atoms with E-state index in [9.17, 15) is 4.79 Å². The van der Waals surface area contributed by atoms with Gasteiger partial charge in [0.25, 0.3) is 0 Å². The van der Waals surface area contributed by atoms with Crippen LogP contribution in [-0.2, 0) is 11.2 Å². The SMILES string of the molecule is CCc1cccc2c1N(C)C(=O)C(C)N2. The zero-order chi connectivity index (χ0) is 11.0. The fraction of sp³-hybridized carbons (Fsp3) is 0.417. The summed E-state index contributed by atoms with van der Waals surface area (Å²) < 4.78 is 0. The third-order valence-corrected chi connectivity index (χ3v) is 2.91. The van der Waals surface area contributed by atoms with E-state index < -0.39 is 0 Å². The van der Waals surface area contributed by atoms with Gasteiger partial charge < -0.3 is 10.2 Å². The van der Waals surface area contributed by atoms with Crippen LogP contribution in [0.2, 0.25) is 0 Å². The van der Waals surface area contributed by atoms with Gasteiger partial charge in [-0.2, -0.15) is 0 Å². The lowest BCUT2D eigenvalue weighted by atomic mass is 10.0. The Morgan fingerprint density at radius 3 is 2.87 bits per heavy atom. The van der Waals surface area contributed by atoms with Crippen LogP contribution in [0, 0.1) is 0 Å². The molecule has 0 saturated heterocycles. The number of hydrogen-bond donors (Lipinski definition) is 1. The average Bonchev–Trinajstić information content (AvgIpc) is 2.25. The van der Waals surface area contributed by atoms with Gasteiger partial charge in [-0.05, 0) is 25.0 Å². The van der Waals surface area contributed by atoms with Crippen LogP contribution in [0.1, 0.15) is 19.4 Å². The molecular weight excluding hydrogens is 188 g/mol. The fourth-order valence-corrected chi connectivity index (χ4v) is 2.08. The molecule has 2 rings (SSSR count). The van der Waals surface area contributed by atoms with Gasteiger partial charge in [0, 0.05) is 7.05 Å². The number of anilines is 2. The summed E-state index contributed by atoms with van der Waals surface area (Å²) in [4.78, 5) is 13.6. The summed E-state index contributed by atoms with van der Waals surface area (Å²) in [6, 6.07) is 5.99. The maximum atomic E-state index is 11.8. The molecule has 1 atom stereocenters. The highest BCUT2D eigenvalue weighted by atomic mass is 16.2. The number of carbonyl (C=O) groups excluding carboxylic acids is 1. The highest BCUT2D eigenvalue weighted by Gasteiger charge is 2.27. The molecule has 15 heavy (non-hydrogen) atoms. The summed E-state index contributed by atoms with van der Waals surface area (Å²) in [7, 11) is 1.84. The second-order valence-corrected chi connectivity index (χ2v) is 3.93. The Bertz CT molecular complexity index is 401. The first-order valence-corrected chi connectivity index (χ1v) is 5.31. The number of nitrogens with one attached hydrogen (secondary N) is 1. The number of hydrogen-bond acceptors (Lipinski definition) is 2. The normalized spacial score (nSPS) is 19.8. The van der Waals surface area contributed by atoms with Crippen LogP contribution in [0.15, 0.2) is 18.2 Å². The van der Waals surface area contributed by atoms with Crippen molar-refractivity contribution in [1.82, 2.24) is 0 Å². The second-order valence-electron chi connectivity index (χ2n) is 3.93. The molecule has 0 spiro atoms. The van der Waals surface area contributed by atoms with Crippen molar-refractivity contribution in [2.24, 2.45) is 0 Å². The lowest BCUT2D eigenvalue weighted by Gasteiger charge is -2.32. The van der Waals surface area contributed by atoms with Gasteiger partial charge in [0.1, 0.15) is 6.04 Å². The number of likely N-dealkylation sites (N-methyl/N-ethyl adjacent to an activating group) is 1. The van der Waals surface area contributed by atoms with Gasteiger partial charge >= 0.3 is 0 Å². The van der Waals surface area contributed by atoms with Gasteiger partial charge in [0.2, 0.25) is 5.91 Å². The molecule has 0 bridgehead atoms. The third-order valence-electron chi connectivity index (χ3n) is 2.91. The van der Waals surface area contributed by atoms with Crippen molar-refractivity contribution in [3.63, 3.8) is 0 Å². The first kappa shape index (κ1) is 10.0. The van der Waals surface area contributed by atoms with Crippen LogP contribution in [0.3, 0.4) is 0 Å². The Labute approximate surface area is 90.1 Å². The molecule has 1 aliphatic heterocycles. The number of rotatable bonds is 1. The highest BCUT2D eigenvalue weighted by molar-refractivity contribution is 6.05. The van der Waals surface area contributed by atoms with E-state index in [1.165, 1.54) is 5.56 Å². The van der Waals surface area contributed by atoms with Crippen molar-refractivity contribution in [3.8, 4) is 0 Å². The van der Waals surface area contributed by atoms with Crippen LogP contribution in [0.4, 0.5) is 11.4 Å². The molecule has 0 fully saturated rings. The molecular formula is C12H16N2O. The monoisotopic (exact) mass is 204 g/mol. The zero-order valence-corrected chi connectivity index (χ0v) is 9.37. The minimum Gasteiger partial charge on any atom is -0.372 e. The van der Waals surface area contributed by atoms with Gasteiger partial charge in [-0.15, -0.1) is 0 Å². The predicted molar refractivity (Wildman–Crippen MR) is 62.3 cm³/mol. The molecule has 1 aromatic carbocycles. The summed E-state index contributed by atoms with van der Waals surface area (Å²) in [5, 5.41) is 3.22. The number of fused-ring (bicyclic) bond motifs is 1. The molecule has 3 heteroatoms. The van der Waals surface area contributed by atoms with Crippen molar-refractivity contribution in [2.45, 2.75) is 26.3 Å². The van der Waals surface area contributed by atoms with Gasteiger partial charge in [-0.3, -0.25) is 4.79 Å². The minimum absolute atomic E-state index is 0.128. The van der Waals surface area contributed by atoms with Crippen molar-refractivity contribution in [2.75, 3.05) is 17.3 Å². The molecule has 1 aromatic rings. The smallest absolute Gasteiger partial charge is 0.248 e. The number of carbonyl (C=O) groups is 1. The summed E-state index contributed by atoms with van der Waals surface area (Å²) in [5.41, 5.74) is 3.30. The summed E-state index contributed by atoms with van der Waals surface area (Å²) in [6.45, 7) is 3.99. The van der Waals surface area contributed by atoms with Gasteiger partial charge in [-0.1, -0.05) is 19.1 Å². The van der Waals surface area contributed by atoms with Crippen LogP contribution >= 0.6 is 0 Å². The minimum atomic E-state index is -0.130. The summed E-state index contributed by atoms with van der Waals surface area (Å²) in [6.07, 6.45) is 0.941. The molecule has 1 aliphatic rings. The molecule has 1 heterocycles. The van der Waals surface area contributed by atoms with E-state index >= 15 is 0 Å². The largest absolute Gasteiger partial charge is 0.372 e. The fourth-order valence-electron chi connectivity index (χ4n) is 2.08. The van der Waals surface area contributed by atoms with Crippen molar-refractivity contribution >= 4 is 17.3 Å². The second kappa shape index (κ2) is 3.57. The standard InChI is InChI=1S/C12H16N2O/c1-4-9-6-5-7-10-11(9)14(3)12(15)8(2)13-10/h5-8,13H,4H2,1-3H3. The van der Waals surface area contributed by atoms with Crippen molar-refractivity contribution in [3.05, 3.63) is 23.8 Å². The first-order valence-electron chi connectivity index (χ1n) is 5.31. The summed E-state index contributed by atoms with van der Waals surface area (Å²) >= 11 is 0. The Kier molecular flexibility index (Phi) is 2.39. The van der Waals surface area contributed by atoms with E-state index in [-0.39, 0.29) is 11.9 Å². The molecule has 1 N–H and O–H groups in total. The van der Waals surface area contributed by atoms with E-state index in [2.05, 4.69) is 18.3 Å². The predicted octanol–water partition coefficient (Wildman–Crippen LogP) is 2.03. The summed E-state index contributed by atoms with van der Waals surface area (Å²) in [5.74, 6) is 0.128. The lowest BCUT2D eigenvalue weighted by molar-refractivity contribution is -0.118. The third kappa shape index (κ3) is 1.48. The van der Waals surface area contributed by atoms with E-state index in [4.69, 9.17) is 0 Å². The topological polar surface area (TPSA) is 32.3 Å². The first-order chi connectivity index (χ1) is 7.15. The van der Waals surface area contributed by atoms with Crippen LogP contribution < -0.4 is 10.2 Å². The maximum Gasteiger partial charge on any atom is 0.248 e. The number of para-hydroxylation sites is 1. The van der Waals surface area contributed by atoms with E-state index in [0.29, 0.717) is 0 Å². The molecule has 3 nitrogen and oxygen atoms in total. The van der Waals surface area contributed by atoms with E-state index in [1.54, 1.807) is 4.90 Å². The molecule has 80 valence electrons. The maximum absolute atomic E-state index is 11.8. The Morgan fingerprint density at radius 1 is 1.47 bits per heavy atom. The van der Waals surface area contributed by atoms with Crippen LogP contribution in [0.5, 0.6) is 0 Å². The van der Waals surface area contributed by atoms with Crippen LogP contribution in [-0.4, -0.2) is 19.0 Å².